The first kappa shape index (κ1) is 16.7. The van der Waals surface area contributed by atoms with E-state index >= 15 is 0 Å². The molecule has 1 N–H and O–H groups in total. The summed E-state index contributed by atoms with van der Waals surface area (Å²) in [6.45, 7) is 3.34. The minimum atomic E-state index is -0.803. The Bertz CT molecular complexity index is 800. The van der Waals surface area contributed by atoms with Crippen LogP contribution in [0.3, 0.4) is 0 Å². The summed E-state index contributed by atoms with van der Waals surface area (Å²) < 4.78 is 15.5. The number of nitro benzene ring substituents is 1. The number of allylic oxidation sites excluding steroid dienone is 1. The number of carbonyl (C=O) groups excluding carboxylic acids is 2. The molecule has 0 saturated carbocycles. The van der Waals surface area contributed by atoms with Gasteiger partial charge < -0.3 is 19.5 Å². The number of carbonyl (C=O) groups is 2. The average Bonchev–Trinajstić information content (AvgIpc) is 3.00. The van der Waals surface area contributed by atoms with Gasteiger partial charge in [0.2, 0.25) is 12.7 Å². The zero-order valence-electron chi connectivity index (χ0n) is 13.7. The van der Waals surface area contributed by atoms with Gasteiger partial charge in [0.25, 0.3) is 5.69 Å². The third-order valence-corrected chi connectivity index (χ3v) is 4.06. The lowest BCUT2D eigenvalue weighted by atomic mass is 9.83. The van der Waals surface area contributed by atoms with Crippen LogP contribution in [0.5, 0.6) is 11.5 Å². The molecule has 0 aromatic heterocycles. The molecule has 0 radical (unpaired) electrons. The van der Waals surface area contributed by atoms with Crippen molar-refractivity contribution in [1.29, 1.82) is 0 Å². The van der Waals surface area contributed by atoms with E-state index in [-0.39, 0.29) is 48.3 Å². The summed E-state index contributed by atoms with van der Waals surface area (Å²) >= 11 is 0. The molecule has 0 spiro atoms. The molecule has 9 nitrogen and oxygen atoms in total. The molecule has 2 aliphatic rings. The van der Waals surface area contributed by atoms with Crippen molar-refractivity contribution in [3.63, 3.8) is 0 Å². The van der Waals surface area contributed by atoms with E-state index in [1.54, 1.807) is 13.8 Å². The van der Waals surface area contributed by atoms with Crippen LogP contribution in [0.15, 0.2) is 23.4 Å². The predicted octanol–water partition coefficient (Wildman–Crippen LogP) is 1.76. The number of benzene rings is 1. The summed E-state index contributed by atoms with van der Waals surface area (Å²) in [4.78, 5) is 35.3. The number of nitrogens with one attached hydrogen (secondary N) is 1. The molecule has 0 fully saturated rings. The summed E-state index contributed by atoms with van der Waals surface area (Å²) in [5.41, 5.74) is 0.500. The molecule has 1 aromatic carbocycles. The molecular weight excluding hydrogens is 332 g/mol. The Morgan fingerprint density at radius 3 is 2.72 bits per heavy atom. The molecular formula is C16H16N2O7. The molecule has 3 rings (SSSR count). The molecule has 25 heavy (non-hydrogen) atoms. The lowest BCUT2D eigenvalue weighted by Crippen LogP contribution is -2.34. The fourth-order valence-corrected chi connectivity index (χ4v) is 3.03. The van der Waals surface area contributed by atoms with Crippen LogP contribution >= 0.6 is 0 Å². The van der Waals surface area contributed by atoms with E-state index in [2.05, 4.69) is 5.32 Å². The van der Waals surface area contributed by atoms with Crippen LogP contribution < -0.4 is 14.8 Å². The van der Waals surface area contributed by atoms with Crippen molar-refractivity contribution in [2.75, 3.05) is 13.4 Å². The van der Waals surface area contributed by atoms with E-state index in [0.29, 0.717) is 11.4 Å². The van der Waals surface area contributed by atoms with Crippen LogP contribution in [0.25, 0.3) is 0 Å². The first-order chi connectivity index (χ1) is 11.9. The van der Waals surface area contributed by atoms with Crippen LogP contribution in [0.4, 0.5) is 5.69 Å². The largest absolute Gasteiger partial charge is 0.463 e. The van der Waals surface area contributed by atoms with Gasteiger partial charge >= 0.3 is 5.97 Å². The number of esters is 1. The van der Waals surface area contributed by atoms with E-state index in [1.807, 2.05) is 0 Å². The second kappa shape index (κ2) is 6.42. The van der Waals surface area contributed by atoms with Crippen LogP contribution in [0, 0.1) is 10.1 Å². The zero-order valence-corrected chi connectivity index (χ0v) is 13.7. The fraction of sp³-hybridized carbons (Fsp3) is 0.375. The highest BCUT2D eigenvalue weighted by molar-refractivity contribution is 5.96. The Morgan fingerprint density at radius 2 is 2.08 bits per heavy atom. The zero-order chi connectivity index (χ0) is 18.1. The van der Waals surface area contributed by atoms with E-state index in [1.165, 1.54) is 12.1 Å². The lowest BCUT2D eigenvalue weighted by Gasteiger charge is -2.26. The van der Waals surface area contributed by atoms with Crippen LogP contribution in [-0.4, -0.2) is 30.2 Å². The van der Waals surface area contributed by atoms with E-state index < -0.39 is 16.8 Å². The maximum Gasteiger partial charge on any atom is 0.336 e. The first-order valence-electron chi connectivity index (χ1n) is 7.68. The van der Waals surface area contributed by atoms with Crippen molar-refractivity contribution < 1.29 is 28.7 Å². The van der Waals surface area contributed by atoms with E-state index in [0.717, 1.165) is 0 Å². The number of amides is 1. The number of rotatable bonds is 4. The van der Waals surface area contributed by atoms with Gasteiger partial charge in [-0.05, 0) is 19.9 Å². The lowest BCUT2D eigenvalue weighted by molar-refractivity contribution is -0.385. The summed E-state index contributed by atoms with van der Waals surface area (Å²) in [7, 11) is 0. The number of ether oxygens (including phenoxy) is 3. The molecule has 2 heterocycles. The van der Waals surface area contributed by atoms with Crippen LogP contribution in [0.1, 0.15) is 31.7 Å². The maximum absolute atomic E-state index is 12.4. The number of hydrogen-bond acceptors (Lipinski definition) is 7. The molecule has 0 saturated heterocycles. The Hall–Kier alpha value is -3.10. The highest BCUT2D eigenvalue weighted by Crippen LogP contribution is 2.44. The third kappa shape index (κ3) is 3.00. The fourth-order valence-electron chi connectivity index (χ4n) is 3.03. The van der Waals surface area contributed by atoms with Crippen molar-refractivity contribution in [2.45, 2.75) is 26.2 Å². The van der Waals surface area contributed by atoms with Gasteiger partial charge in [-0.15, -0.1) is 0 Å². The average molecular weight is 348 g/mol. The van der Waals surface area contributed by atoms with Gasteiger partial charge in [-0.2, -0.15) is 0 Å². The van der Waals surface area contributed by atoms with Gasteiger partial charge in [0.15, 0.2) is 11.5 Å². The van der Waals surface area contributed by atoms with Crippen LogP contribution in [0.2, 0.25) is 0 Å². The quantitative estimate of drug-likeness (QED) is 0.500. The van der Waals surface area contributed by atoms with Crippen molar-refractivity contribution in [1.82, 2.24) is 5.32 Å². The maximum atomic E-state index is 12.4. The highest BCUT2D eigenvalue weighted by Gasteiger charge is 2.37. The number of nitro groups is 1. The first-order valence-corrected chi connectivity index (χ1v) is 7.68. The standard InChI is InChI=1S/C16H16N2O7/c1-3-23-16(20)15-8(2)17-14(19)5-10(15)9-4-12-13(25-7-24-12)6-11(9)18(21)22/h4,6,10H,3,5,7H2,1-2H3,(H,17,19)/t10-/m1/s1. The molecule has 1 atom stereocenters. The smallest absolute Gasteiger partial charge is 0.336 e. The SMILES string of the molecule is CCOC(=O)C1=C(C)NC(=O)C[C@@H]1c1cc2c(cc1[N+](=O)[O-])OCO2. The highest BCUT2D eigenvalue weighted by atomic mass is 16.7. The summed E-state index contributed by atoms with van der Waals surface area (Å²) in [6.07, 6.45) is -0.105. The topological polar surface area (TPSA) is 117 Å². The number of fused-ring (bicyclic) bond motifs is 1. The van der Waals surface area contributed by atoms with Gasteiger partial charge in [-0.1, -0.05) is 0 Å². The second-order valence-electron chi connectivity index (χ2n) is 5.59. The Labute approximate surface area is 142 Å². The molecule has 0 aliphatic carbocycles. The van der Waals surface area contributed by atoms with Gasteiger partial charge in [0, 0.05) is 23.6 Å². The molecule has 2 aliphatic heterocycles. The normalized spacial score (nSPS) is 18.8. The number of hydrogen-bond donors (Lipinski definition) is 1. The van der Waals surface area contributed by atoms with Crippen molar-refractivity contribution >= 4 is 17.6 Å². The minimum Gasteiger partial charge on any atom is -0.463 e. The minimum absolute atomic E-state index is 0.0410. The van der Waals surface area contributed by atoms with Gasteiger partial charge in [-0.3, -0.25) is 14.9 Å². The molecule has 1 amide bonds. The van der Waals surface area contributed by atoms with Gasteiger partial charge in [-0.25, -0.2) is 4.79 Å². The van der Waals surface area contributed by atoms with Crippen molar-refractivity contribution in [2.24, 2.45) is 0 Å². The molecule has 9 heteroatoms. The summed E-state index contributed by atoms with van der Waals surface area (Å²) in [5, 5.41) is 14.1. The van der Waals surface area contributed by atoms with Crippen molar-refractivity contribution in [3.05, 3.63) is 39.1 Å². The van der Waals surface area contributed by atoms with E-state index in [4.69, 9.17) is 14.2 Å². The molecule has 1 aromatic rings. The predicted molar refractivity (Wildman–Crippen MR) is 84.1 cm³/mol. The van der Waals surface area contributed by atoms with Crippen LogP contribution in [-0.2, 0) is 14.3 Å². The molecule has 0 unspecified atom stereocenters. The monoisotopic (exact) mass is 348 g/mol. The number of nitrogens with zero attached hydrogens (tertiary/aromatic N) is 1. The third-order valence-electron chi connectivity index (χ3n) is 4.06. The summed E-state index contributed by atoms with van der Waals surface area (Å²) in [5.74, 6) is -1.15. The van der Waals surface area contributed by atoms with Gasteiger partial charge in [0.1, 0.15) is 0 Å². The van der Waals surface area contributed by atoms with Gasteiger partial charge in [0.05, 0.1) is 23.2 Å². The second-order valence-corrected chi connectivity index (χ2v) is 5.59. The molecule has 132 valence electrons. The Morgan fingerprint density at radius 1 is 1.40 bits per heavy atom. The molecule has 0 bridgehead atoms. The Balaban J connectivity index is 2.15. The van der Waals surface area contributed by atoms with E-state index in [9.17, 15) is 19.7 Å². The summed E-state index contributed by atoms with van der Waals surface area (Å²) in [6, 6.07) is 2.71. The Kier molecular flexibility index (Phi) is 4.30. The van der Waals surface area contributed by atoms with Crippen molar-refractivity contribution in [3.8, 4) is 11.5 Å².